The average molecular weight is 680 g/mol. The summed E-state index contributed by atoms with van der Waals surface area (Å²) < 4.78 is 65.4. The van der Waals surface area contributed by atoms with Crippen molar-refractivity contribution in [1.82, 2.24) is 10.2 Å². The quantitative estimate of drug-likeness (QED) is 0.196. The average Bonchev–Trinajstić information content (AvgIpc) is 3.12. The number of amides is 2. The number of carbonyl (C=O) groups is 2. The minimum atomic E-state index is -4.52. The third-order valence-corrected chi connectivity index (χ3v) is 9.42. The van der Waals surface area contributed by atoms with Gasteiger partial charge < -0.3 is 29.2 Å². The van der Waals surface area contributed by atoms with E-state index in [9.17, 15) is 22.4 Å². The highest BCUT2D eigenvalue weighted by Crippen LogP contribution is 2.38. The van der Waals surface area contributed by atoms with Gasteiger partial charge in [0.25, 0.3) is 10.0 Å². The van der Waals surface area contributed by atoms with E-state index in [-0.39, 0.29) is 35.0 Å². The molecule has 4 aromatic carbocycles. The molecule has 0 aliphatic rings. The number of methoxy groups -OCH3 is 4. The molecule has 254 valence electrons. The first-order valence-corrected chi connectivity index (χ1v) is 16.3. The molecule has 0 aliphatic heterocycles. The fraction of sp³-hybridized carbons (Fsp3) is 0.257. The van der Waals surface area contributed by atoms with Crippen molar-refractivity contribution in [2.24, 2.45) is 0 Å². The van der Waals surface area contributed by atoms with Crippen LogP contribution in [-0.2, 0) is 32.6 Å². The first-order valence-electron chi connectivity index (χ1n) is 14.8. The number of sulfonamides is 1. The van der Waals surface area contributed by atoms with Gasteiger partial charge in [-0.3, -0.25) is 13.9 Å². The minimum Gasteiger partial charge on any atom is -0.497 e. The van der Waals surface area contributed by atoms with E-state index < -0.39 is 40.2 Å². The molecule has 0 bridgehead atoms. The van der Waals surface area contributed by atoms with E-state index in [2.05, 4.69) is 5.32 Å². The van der Waals surface area contributed by atoms with Crippen molar-refractivity contribution in [1.29, 1.82) is 0 Å². The summed E-state index contributed by atoms with van der Waals surface area (Å²) in [5.74, 6) is -0.742. The van der Waals surface area contributed by atoms with E-state index in [1.807, 2.05) is 30.3 Å². The van der Waals surface area contributed by atoms with Gasteiger partial charge in [0.15, 0.2) is 11.5 Å². The summed E-state index contributed by atoms with van der Waals surface area (Å²) in [4.78, 5) is 29.1. The predicted molar refractivity (Wildman–Crippen MR) is 179 cm³/mol. The number of nitrogens with zero attached hydrogens (tertiary/aromatic N) is 2. The number of halogens is 1. The van der Waals surface area contributed by atoms with Gasteiger partial charge in [0.1, 0.15) is 29.9 Å². The highest BCUT2D eigenvalue weighted by atomic mass is 32.2. The van der Waals surface area contributed by atoms with Crippen LogP contribution in [0.15, 0.2) is 95.9 Å². The summed E-state index contributed by atoms with van der Waals surface area (Å²) in [6, 6.07) is 22.2. The number of likely N-dealkylation sites (N-methyl/N-ethyl adjacent to an activating group) is 1. The number of benzene rings is 4. The zero-order valence-corrected chi connectivity index (χ0v) is 28.1. The van der Waals surface area contributed by atoms with E-state index in [4.69, 9.17) is 18.9 Å². The number of anilines is 1. The smallest absolute Gasteiger partial charge is 0.265 e. The Morgan fingerprint density at radius 2 is 1.42 bits per heavy atom. The van der Waals surface area contributed by atoms with Gasteiger partial charge in [-0.1, -0.05) is 42.5 Å². The van der Waals surface area contributed by atoms with Crippen LogP contribution >= 0.6 is 0 Å². The minimum absolute atomic E-state index is 0.0151. The maximum Gasteiger partial charge on any atom is 0.265 e. The van der Waals surface area contributed by atoms with Crippen molar-refractivity contribution in [3.63, 3.8) is 0 Å². The first-order chi connectivity index (χ1) is 23.1. The van der Waals surface area contributed by atoms with Gasteiger partial charge in [0.05, 0.1) is 39.0 Å². The topological polar surface area (TPSA) is 124 Å². The largest absolute Gasteiger partial charge is 0.497 e. The number of rotatable bonds is 15. The van der Waals surface area contributed by atoms with Crippen molar-refractivity contribution >= 4 is 27.5 Å². The van der Waals surface area contributed by atoms with Crippen LogP contribution in [0, 0.1) is 5.82 Å². The van der Waals surface area contributed by atoms with Crippen LogP contribution in [-0.4, -0.2) is 73.2 Å². The predicted octanol–water partition coefficient (Wildman–Crippen LogP) is 4.44. The maximum absolute atomic E-state index is 14.6. The molecule has 11 nitrogen and oxygen atoms in total. The zero-order chi connectivity index (χ0) is 34.8. The summed E-state index contributed by atoms with van der Waals surface area (Å²) in [6.07, 6.45) is 0.123. The summed E-state index contributed by atoms with van der Waals surface area (Å²) in [5.41, 5.74) is 1.31. The molecule has 0 saturated heterocycles. The lowest BCUT2D eigenvalue weighted by Gasteiger charge is -2.34. The Bertz CT molecular complexity index is 1820. The Kier molecular flexibility index (Phi) is 11.9. The molecule has 0 heterocycles. The lowest BCUT2D eigenvalue weighted by Crippen LogP contribution is -2.53. The molecule has 0 radical (unpaired) electrons. The highest BCUT2D eigenvalue weighted by molar-refractivity contribution is 7.92. The van der Waals surface area contributed by atoms with Gasteiger partial charge in [0, 0.05) is 32.1 Å². The third kappa shape index (κ3) is 8.15. The van der Waals surface area contributed by atoms with Crippen LogP contribution in [0.2, 0.25) is 0 Å². The van der Waals surface area contributed by atoms with Crippen molar-refractivity contribution in [2.45, 2.75) is 23.9 Å². The molecule has 0 unspecified atom stereocenters. The van der Waals surface area contributed by atoms with Crippen LogP contribution in [0.1, 0.15) is 11.1 Å². The van der Waals surface area contributed by atoms with Crippen LogP contribution in [0.3, 0.4) is 0 Å². The fourth-order valence-corrected chi connectivity index (χ4v) is 6.55. The Balaban J connectivity index is 1.88. The molecule has 2 amide bonds. The van der Waals surface area contributed by atoms with Crippen LogP contribution in [0.25, 0.3) is 0 Å². The fourth-order valence-electron chi connectivity index (χ4n) is 5.12. The number of hydrogen-bond donors (Lipinski definition) is 1. The van der Waals surface area contributed by atoms with Gasteiger partial charge in [-0.2, -0.15) is 0 Å². The van der Waals surface area contributed by atoms with Crippen LogP contribution < -0.4 is 28.6 Å². The molecule has 0 saturated carbocycles. The van der Waals surface area contributed by atoms with Gasteiger partial charge in [-0.05, 0) is 47.5 Å². The molecular weight excluding hydrogens is 641 g/mol. The third-order valence-electron chi connectivity index (χ3n) is 7.66. The summed E-state index contributed by atoms with van der Waals surface area (Å²) >= 11 is 0. The highest BCUT2D eigenvalue weighted by Gasteiger charge is 2.36. The van der Waals surface area contributed by atoms with Crippen LogP contribution in [0.4, 0.5) is 10.1 Å². The normalized spacial score (nSPS) is 11.6. The molecule has 4 rings (SSSR count). The van der Waals surface area contributed by atoms with Gasteiger partial charge >= 0.3 is 0 Å². The van der Waals surface area contributed by atoms with Gasteiger partial charge in [0.2, 0.25) is 11.8 Å². The van der Waals surface area contributed by atoms with Crippen molar-refractivity contribution in [3.8, 4) is 23.0 Å². The number of nitrogens with one attached hydrogen (secondary N) is 1. The molecule has 48 heavy (non-hydrogen) atoms. The second-order valence-corrected chi connectivity index (χ2v) is 12.4. The lowest BCUT2D eigenvalue weighted by molar-refractivity contribution is -0.139. The molecule has 1 atom stereocenters. The van der Waals surface area contributed by atoms with E-state index in [1.165, 1.54) is 95.0 Å². The SMILES string of the molecule is CNC(=O)[C@@H](Cc1ccccc1)N(Cc1ccc(F)cc1)C(=O)CN(c1cc(OC)ccc1OC)S(=O)(=O)c1ccc(OC)c(OC)c1. The van der Waals surface area contributed by atoms with E-state index >= 15 is 0 Å². The van der Waals surface area contributed by atoms with Crippen molar-refractivity contribution < 1.29 is 41.3 Å². The Hall–Kier alpha value is -5.30. The second-order valence-electron chi connectivity index (χ2n) is 10.5. The molecular formula is C35H38FN3O8S. The first kappa shape index (κ1) is 35.6. The Morgan fingerprint density at radius 1 is 0.771 bits per heavy atom. The van der Waals surface area contributed by atoms with E-state index in [0.717, 1.165) is 9.87 Å². The number of carbonyl (C=O) groups excluding carboxylic acids is 2. The van der Waals surface area contributed by atoms with Gasteiger partial charge in [-0.25, -0.2) is 12.8 Å². The Morgan fingerprint density at radius 3 is 2.02 bits per heavy atom. The van der Waals surface area contributed by atoms with E-state index in [1.54, 1.807) is 6.07 Å². The molecule has 0 fully saturated rings. The monoisotopic (exact) mass is 679 g/mol. The number of hydrogen-bond acceptors (Lipinski definition) is 8. The molecule has 0 aromatic heterocycles. The van der Waals surface area contributed by atoms with Crippen molar-refractivity contribution in [2.75, 3.05) is 46.3 Å². The zero-order valence-electron chi connectivity index (χ0n) is 27.3. The van der Waals surface area contributed by atoms with Gasteiger partial charge in [-0.15, -0.1) is 0 Å². The second kappa shape index (κ2) is 16.0. The lowest BCUT2D eigenvalue weighted by atomic mass is 10.0. The van der Waals surface area contributed by atoms with Crippen LogP contribution in [0.5, 0.6) is 23.0 Å². The molecule has 1 N–H and O–H groups in total. The molecule has 13 heteroatoms. The summed E-state index contributed by atoms with van der Waals surface area (Å²) in [5, 5.41) is 2.63. The van der Waals surface area contributed by atoms with E-state index in [0.29, 0.717) is 17.1 Å². The summed E-state index contributed by atoms with van der Waals surface area (Å²) in [6.45, 7) is -0.868. The Labute approximate surface area is 279 Å². The maximum atomic E-state index is 14.6. The standard InChI is InChI=1S/C35H38FN3O8S/c1-37-35(41)30(19-24-9-7-6-8-10-24)38(22-25-11-13-26(36)14-12-25)34(40)23-39(29-20-27(44-2)15-17-31(29)45-3)48(42,43)28-16-18-32(46-4)33(21-28)47-5/h6-18,20-21,30H,19,22-23H2,1-5H3,(H,37,41)/t30-/m1/s1. The number of ether oxygens (including phenoxy) is 4. The molecule has 0 spiro atoms. The van der Waals surface area contributed by atoms with Crippen molar-refractivity contribution in [3.05, 3.63) is 108 Å². The molecule has 0 aliphatic carbocycles. The summed E-state index contributed by atoms with van der Waals surface area (Å²) in [7, 11) is 2.52. The molecule has 4 aromatic rings.